The maximum atomic E-state index is 12.4. The van der Waals surface area contributed by atoms with Crippen LogP contribution < -0.4 is 4.90 Å². The number of aryl methyl sites for hydroxylation is 1. The van der Waals surface area contributed by atoms with Gasteiger partial charge in [0.1, 0.15) is 12.4 Å². The summed E-state index contributed by atoms with van der Waals surface area (Å²) in [6.45, 7) is 4.37. The number of carboxylic acids is 1. The van der Waals surface area contributed by atoms with Crippen LogP contribution in [0.5, 0.6) is 0 Å². The second-order valence-corrected chi connectivity index (χ2v) is 6.57. The molecule has 1 amide bonds. The summed E-state index contributed by atoms with van der Waals surface area (Å²) < 4.78 is 6.89. The molecule has 4 rings (SSSR count). The molecule has 1 aliphatic heterocycles. The molecule has 1 aromatic carbocycles. The SMILES string of the molecule is Cc1nc2cc(N3CCN(C(=O)c4ccco4)CC3)ccc2n1CC(=O)O. The fourth-order valence-corrected chi connectivity index (χ4v) is 3.49. The number of hydrogen-bond donors (Lipinski definition) is 1. The third-order valence-electron chi connectivity index (χ3n) is 4.88. The minimum atomic E-state index is -0.890. The van der Waals surface area contributed by atoms with Crippen molar-refractivity contribution in [2.75, 3.05) is 31.1 Å². The maximum Gasteiger partial charge on any atom is 0.323 e. The first kappa shape index (κ1) is 17.1. The molecule has 1 N–H and O–H groups in total. The van der Waals surface area contributed by atoms with Crippen molar-refractivity contribution < 1.29 is 19.1 Å². The molecular weight excluding hydrogens is 348 g/mol. The number of carboxylic acid groups (broad SMARTS) is 1. The molecule has 0 bridgehead atoms. The first-order valence-corrected chi connectivity index (χ1v) is 8.79. The fraction of sp³-hybridized carbons (Fsp3) is 0.316. The number of carbonyl (C=O) groups is 2. The van der Waals surface area contributed by atoms with E-state index in [0.717, 1.165) is 16.7 Å². The number of imidazole rings is 1. The smallest absolute Gasteiger partial charge is 0.323 e. The van der Waals surface area contributed by atoms with Gasteiger partial charge in [0.15, 0.2) is 5.76 Å². The highest BCUT2D eigenvalue weighted by molar-refractivity contribution is 5.91. The van der Waals surface area contributed by atoms with Gasteiger partial charge >= 0.3 is 5.97 Å². The number of anilines is 1. The first-order valence-electron chi connectivity index (χ1n) is 8.79. The van der Waals surface area contributed by atoms with Crippen LogP contribution in [-0.4, -0.2) is 57.6 Å². The molecule has 0 saturated carbocycles. The molecule has 3 aromatic rings. The van der Waals surface area contributed by atoms with Crippen LogP contribution in [0.4, 0.5) is 5.69 Å². The van der Waals surface area contributed by atoms with Crippen molar-refractivity contribution in [3.63, 3.8) is 0 Å². The fourth-order valence-electron chi connectivity index (χ4n) is 3.49. The van der Waals surface area contributed by atoms with E-state index < -0.39 is 5.97 Å². The predicted molar refractivity (Wildman–Crippen MR) is 98.9 cm³/mol. The molecular formula is C19H20N4O4. The zero-order chi connectivity index (χ0) is 19.0. The third-order valence-corrected chi connectivity index (χ3v) is 4.88. The zero-order valence-electron chi connectivity index (χ0n) is 15.0. The molecule has 3 heterocycles. The van der Waals surface area contributed by atoms with Gasteiger partial charge in [-0.25, -0.2) is 4.98 Å². The normalized spacial score (nSPS) is 14.7. The Kier molecular flexibility index (Phi) is 4.31. The van der Waals surface area contributed by atoms with E-state index in [1.807, 2.05) is 25.1 Å². The van der Waals surface area contributed by atoms with Crippen LogP contribution in [0.1, 0.15) is 16.4 Å². The van der Waals surface area contributed by atoms with Gasteiger partial charge in [-0.2, -0.15) is 0 Å². The highest BCUT2D eigenvalue weighted by atomic mass is 16.4. The second-order valence-electron chi connectivity index (χ2n) is 6.57. The van der Waals surface area contributed by atoms with Crippen molar-refractivity contribution in [3.8, 4) is 0 Å². The quantitative estimate of drug-likeness (QED) is 0.757. The number of piperazine rings is 1. The van der Waals surface area contributed by atoms with Gasteiger partial charge in [0.25, 0.3) is 5.91 Å². The number of nitrogens with zero attached hydrogens (tertiary/aromatic N) is 4. The molecule has 0 atom stereocenters. The molecule has 0 aliphatic carbocycles. The van der Waals surface area contributed by atoms with E-state index in [1.165, 1.54) is 6.26 Å². The molecule has 8 heteroatoms. The zero-order valence-corrected chi connectivity index (χ0v) is 15.0. The number of benzene rings is 1. The van der Waals surface area contributed by atoms with Crippen molar-refractivity contribution in [3.05, 3.63) is 48.2 Å². The topological polar surface area (TPSA) is 91.8 Å². The van der Waals surface area contributed by atoms with Gasteiger partial charge in [0, 0.05) is 31.9 Å². The molecule has 1 saturated heterocycles. The van der Waals surface area contributed by atoms with Gasteiger partial charge in [0.2, 0.25) is 0 Å². The van der Waals surface area contributed by atoms with Crippen LogP contribution in [0.25, 0.3) is 11.0 Å². The maximum absolute atomic E-state index is 12.4. The molecule has 0 radical (unpaired) electrons. The molecule has 2 aromatic heterocycles. The van der Waals surface area contributed by atoms with Gasteiger partial charge in [-0.05, 0) is 37.3 Å². The summed E-state index contributed by atoms with van der Waals surface area (Å²) >= 11 is 0. The Morgan fingerprint density at radius 3 is 2.63 bits per heavy atom. The Balaban J connectivity index is 1.49. The summed E-state index contributed by atoms with van der Waals surface area (Å²) in [6, 6.07) is 9.26. The second kappa shape index (κ2) is 6.79. The molecule has 1 aliphatic rings. The standard InChI is InChI=1S/C19H20N4O4/c1-13-20-15-11-14(4-5-16(15)23(13)12-18(24)25)21-6-8-22(9-7-21)19(26)17-3-2-10-27-17/h2-5,10-11H,6-9,12H2,1H3,(H,24,25). The van der Waals surface area contributed by atoms with Gasteiger partial charge in [-0.3, -0.25) is 9.59 Å². The molecule has 1 fully saturated rings. The Hall–Kier alpha value is -3.29. The van der Waals surface area contributed by atoms with E-state index in [0.29, 0.717) is 37.8 Å². The van der Waals surface area contributed by atoms with E-state index in [4.69, 9.17) is 9.52 Å². The van der Waals surface area contributed by atoms with Crippen molar-refractivity contribution >= 4 is 28.6 Å². The van der Waals surface area contributed by atoms with E-state index >= 15 is 0 Å². The average Bonchev–Trinajstić information content (AvgIpc) is 3.29. The summed E-state index contributed by atoms with van der Waals surface area (Å²) in [4.78, 5) is 31.9. The van der Waals surface area contributed by atoms with Gasteiger partial charge in [0.05, 0.1) is 17.3 Å². The van der Waals surface area contributed by atoms with Crippen molar-refractivity contribution in [2.45, 2.75) is 13.5 Å². The minimum absolute atomic E-state index is 0.0851. The lowest BCUT2D eigenvalue weighted by Gasteiger charge is -2.35. The van der Waals surface area contributed by atoms with Gasteiger partial charge in [-0.15, -0.1) is 0 Å². The van der Waals surface area contributed by atoms with Crippen LogP contribution in [0.15, 0.2) is 41.0 Å². The number of furan rings is 1. The number of carbonyl (C=O) groups excluding carboxylic acids is 1. The van der Waals surface area contributed by atoms with Crippen molar-refractivity contribution in [1.29, 1.82) is 0 Å². The number of fused-ring (bicyclic) bond motifs is 1. The largest absolute Gasteiger partial charge is 0.480 e. The van der Waals surface area contributed by atoms with Crippen LogP contribution in [0, 0.1) is 6.92 Å². The summed E-state index contributed by atoms with van der Waals surface area (Å²) in [6.07, 6.45) is 1.50. The number of amides is 1. The predicted octanol–water partition coefficient (Wildman–Crippen LogP) is 1.98. The van der Waals surface area contributed by atoms with Crippen molar-refractivity contribution in [2.24, 2.45) is 0 Å². The Morgan fingerprint density at radius 1 is 1.19 bits per heavy atom. The Labute approximate surface area is 155 Å². The average molecular weight is 368 g/mol. The lowest BCUT2D eigenvalue weighted by Crippen LogP contribution is -2.48. The van der Waals surface area contributed by atoms with E-state index in [-0.39, 0.29) is 12.5 Å². The minimum Gasteiger partial charge on any atom is -0.480 e. The summed E-state index contributed by atoms with van der Waals surface area (Å²) in [5.74, 6) is 0.0692. The molecule has 27 heavy (non-hydrogen) atoms. The Morgan fingerprint density at radius 2 is 1.96 bits per heavy atom. The summed E-state index contributed by atoms with van der Waals surface area (Å²) in [7, 11) is 0. The van der Waals surface area contributed by atoms with Gasteiger partial charge < -0.3 is 23.9 Å². The first-order chi connectivity index (χ1) is 13.0. The molecule has 0 unspecified atom stereocenters. The number of aliphatic carboxylic acids is 1. The van der Waals surface area contributed by atoms with Crippen LogP contribution >= 0.6 is 0 Å². The number of hydrogen-bond acceptors (Lipinski definition) is 5. The summed E-state index contributed by atoms with van der Waals surface area (Å²) in [5, 5.41) is 9.07. The molecule has 140 valence electrons. The van der Waals surface area contributed by atoms with E-state index in [2.05, 4.69) is 9.88 Å². The van der Waals surface area contributed by atoms with Crippen molar-refractivity contribution in [1.82, 2.24) is 14.5 Å². The lowest BCUT2D eigenvalue weighted by molar-refractivity contribution is -0.137. The number of rotatable bonds is 4. The van der Waals surface area contributed by atoms with Crippen LogP contribution in [0.2, 0.25) is 0 Å². The monoisotopic (exact) mass is 368 g/mol. The highest BCUT2D eigenvalue weighted by Crippen LogP contribution is 2.24. The van der Waals surface area contributed by atoms with E-state index in [1.54, 1.807) is 21.6 Å². The molecule has 0 spiro atoms. The Bertz CT molecular complexity index is 985. The molecule has 8 nitrogen and oxygen atoms in total. The van der Waals surface area contributed by atoms with E-state index in [9.17, 15) is 9.59 Å². The summed E-state index contributed by atoms with van der Waals surface area (Å²) in [5.41, 5.74) is 2.61. The van der Waals surface area contributed by atoms with Crippen LogP contribution in [-0.2, 0) is 11.3 Å². The van der Waals surface area contributed by atoms with Crippen LogP contribution in [0.3, 0.4) is 0 Å². The number of aromatic nitrogens is 2. The highest BCUT2D eigenvalue weighted by Gasteiger charge is 2.24. The third kappa shape index (κ3) is 3.25. The van der Waals surface area contributed by atoms with Gasteiger partial charge in [-0.1, -0.05) is 0 Å². The lowest BCUT2D eigenvalue weighted by atomic mass is 10.2.